The van der Waals surface area contributed by atoms with Gasteiger partial charge in [-0.3, -0.25) is 4.79 Å². The van der Waals surface area contributed by atoms with Crippen molar-refractivity contribution >= 4 is 23.2 Å². The van der Waals surface area contributed by atoms with Gasteiger partial charge in [0.2, 0.25) is 5.91 Å². The number of nitrogens with two attached hydrogens (primary N) is 1. The molecule has 0 spiro atoms. The van der Waals surface area contributed by atoms with E-state index in [0.717, 1.165) is 0 Å². The molecule has 5 heteroatoms. The Bertz CT molecular complexity index is 394. The van der Waals surface area contributed by atoms with E-state index in [1.807, 2.05) is 13.8 Å². The van der Waals surface area contributed by atoms with Crippen LogP contribution in [0.25, 0.3) is 0 Å². The van der Waals surface area contributed by atoms with Crippen LogP contribution in [0.3, 0.4) is 0 Å². The largest absolute Gasteiger partial charge is 0.491 e. The molecule has 1 rings (SSSR count). The molecule has 0 bridgehead atoms. The van der Waals surface area contributed by atoms with Crippen LogP contribution in [0.1, 0.15) is 20.3 Å². The molecule has 1 aromatic rings. The van der Waals surface area contributed by atoms with Crippen LogP contribution in [0, 0.1) is 0 Å². The average molecular weight is 257 g/mol. The third kappa shape index (κ3) is 4.95. The molecule has 4 nitrogen and oxygen atoms in total. The van der Waals surface area contributed by atoms with Gasteiger partial charge in [-0.05, 0) is 32.0 Å². The van der Waals surface area contributed by atoms with Gasteiger partial charge in [-0.15, -0.1) is 0 Å². The predicted octanol–water partition coefficient (Wildman–Crippen LogP) is 2.22. The lowest BCUT2D eigenvalue weighted by atomic mass is 10.3. The van der Waals surface area contributed by atoms with E-state index in [1.54, 1.807) is 18.2 Å². The fraction of sp³-hybridized carbons (Fsp3) is 0.417. The van der Waals surface area contributed by atoms with Gasteiger partial charge in [0.25, 0.3) is 0 Å². The Balaban J connectivity index is 2.38. The SMILES string of the molecule is CC(C)NC(=O)CCOc1ccc(Cl)cc1N. The molecule has 0 aliphatic rings. The number of amides is 1. The molecule has 1 amide bonds. The van der Waals surface area contributed by atoms with Gasteiger partial charge in [0, 0.05) is 11.1 Å². The molecule has 17 heavy (non-hydrogen) atoms. The Kier molecular flexibility index (Phi) is 5.10. The molecule has 1 aromatic carbocycles. The maximum absolute atomic E-state index is 11.3. The van der Waals surface area contributed by atoms with Crippen LogP contribution in [0.2, 0.25) is 5.02 Å². The van der Waals surface area contributed by atoms with Gasteiger partial charge >= 0.3 is 0 Å². The minimum atomic E-state index is -0.0347. The Hall–Kier alpha value is -1.42. The van der Waals surface area contributed by atoms with Crippen molar-refractivity contribution in [2.75, 3.05) is 12.3 Å². The van der Waals surface area contributed by atoms with Gasteiger partial charge < -0.3 is 15.8 Å². The van der Waals surface area contributed by atoms with E-state index < -0.39 is 0 Å². The molecular weight excluding hydrogens is 240 g/mol. The molecule has 0 heterocycles. The van der Waals surface area contributed by atoms with Crippen molar-refractivity contribution in [1.29, 1.82) is 0 Å². The molecule has 0 unspecified atom stereocenters. The Labute approximate surface area is 106 Å². The van der Waals surface area contributed by atoms with Crippen molar-refractivity contribution in [3.8, 4) is 5.75 Å². The third-order valence-corrected chi connectivity index (χ3v) is 2.24. The van der Waals surface area contributed by atoms with E-state index in [-0.39, 0.29) is 11.9 Å². The highest BCUT2D eigenvalue weighted by atomic mass is 35.5. The molecule has 0 radical (unpaired) electrons. The van der Waals surface area contributed by atoms with Crippen LogP contribution >= 0.6 is 11.6 Å². The number of nitrogens with one attached hydrogen (secondary N) is 1. The highest BCUT2D eigenvalue weighted by Gasteiger charge is 2.05. The third-order valence-electron chi connectivity index (χ3n) is 2.01. The normalized spacial score (nSPS) is 10.4. The number of anilines is 1. The zero-order valence-electron chi connectivity index (χ0n) is 10.00. The highest BCUT2D eigenvalue weighted by molar-refractivity contribution is 6.30. The Morgan fingerprint density at radius 1 is 1.53 bits per heavy atom. The molecule has 0 saturated heterocycles. The summed E-state index contributed by atoms with van der Waals surface area (Å²) in [7, 11) is 0. The summed E-state index contributed by atoms with van der Waals surface area (Å²) < 4.78 is 5.40. The van der Waals surface area contributed by atoms with E-state index in [9.17, 15) is 4.79 Å². The average Bonchev–Trinajstić information content (AvgIpc) is 2.20. The van der Waals surface area contributed by atoms with Crippen molar-refractivity contribution in [3.05, 3.63) is 23.2 Å². The van der Waals surface area contributed by atoms with Crippen LogP contribution in [-0.4, -0.2) is 18.6 Å². The number of ether oxygens (including phenoxy) is 1. The number of carbonyl (C=O) groups is 1. The van der Waals surface area contributed by atoms with E-state index in [1.165, 1.54) is 0 Å². The van der Waals surface area contributed by atoms with Crippen LogP contribution in [0.15, 0.2) is 18.2 Å². The number of hydrogen-bond acceptors (Lipinski definition) is 3. The summed E-state index contributed by atoms with van der Waals surface area (Å²) in [5.74, 6) is 0.513. The molecule has 0 atom stereocenters. The lowest BCUT2D eigenvalue weighted by Crippen LogP contribution is -2.31. The van der Waals surface area contributed by atoms with E-state index in [2.05, 4.69) is 5.32 Å². The number of halogens is 1. The number of nitrogen functional groups attached to an aromatic ring is 1. The summed E-state index contributed by atoms with van der Waals surface area (Å²) in [6.45, 7) is 4.12. The number of rotatable bonds is 5. The monoisotopic (exact) mass is 256 g/mol. The van der Waals surface area contributed by atoms with E-state index >= 15 is 0 Å². The maximum atomic E-state index is 11.3. The number of hydrogen-bond donors (Lipinski definition) is 2. The summed E-state index contributed by atoms with van der Waals surface area (Å²) in [5.41, 5.74) is 6.18. The Morgan fingerprint density at radius 2 is 2.24 bits per heavy atom. The molecule has 0 fully saturated rings. The maximum Gasteiger partial charge on any atom is 0.223 e. The minimum Gasteiger partial charge on any atom is -0.491 e. The molecule has 3 N–H and O–H groups in total. The summed E-state index contributed by atoms with van der Waals surface area (Å²) in [6, 6.07) is 5.15. The summed E-state index contributed by atoms with van der Waals surface area (Å²) in [4.78, 5) is 11.3. The molecular formula is C12H17ClN2O2. The first-order valence-electron chi connectivity index (χ1n) is 5.46. The quantitative estimate of drug-likeness (QED) is 0.794. The fourth-order valence-corrected chi connectivity index (χ4v) is 1.48. The zero-order chi connectivity index (χ0) is 12.8. The highest BCUT2D eigenvalue weighted by Crippen LogP contribution is 2.24. The van der Waals surface area contributed by atoms with Gasteiger partial charge in [-0.1, -0.05) is 11.6 Å². The lowest BCUT2D eigenvalue weighted by Gasteiger charge is -2.10. The molecule has 0 aliphatic carbocycles. The first-order valence-corrected chi connectivity index (χ1v) is 5.84. The second kappa shape index (κ2) is 6.35. The van der Waals surface area contributed by atoms with Gasteiger partial charge in [0.15, 0.2) is 0 Å². The van der Waals surface area contributed by atoms with E-state index in [0.29, 0.717) is 29.5 Å². The molecule has 94 valence electrons. The van der Waals surface area contributed by atoms with Crippen LogP contribution < -0.4 is 15.8 Å². The van der Waals surface area contributed by atoms with Crippen LogP contribution in [-0.2, 0) is 4.79 Å². The number of benzene rings is 1. The topological polar surface area (TPSA) is 64.3 Å². The first kappa shape index (κ1) is 13.6. The Morgan fingerprint density at radius 3 is 2.82 bits per heavy atom. The predicted molar refractivity (Wildman–Crippen MR) is 69.3 cm³/mol. The second-order valence-corrected chi connectivity index (χ2v) is 4.44. The van der Waals surface area contributed by atoms with Gasteiger partial charge in [0.05, 0.1) is 18.7 Å². The van der Waals surface area contributed by atoms with Gasteiger partial charge in [-0.2, -0.15) is 0 Å². The van der Waals surface area contributed by atoms with Crippen LogP contribution in [0.5, 0.6) is 5.75 Å². The first-order chi connectivity index (χ1) is 7.99. The summed E-state index contributed by atoms with van der Waals surface area (Å²) >= 11 is 5.76. The van der Waals surface area contributed by atoms with Crippen molar-refractivity contribution in [2.45, 2.75) is 26.3 Å². The van der Waals surface area contributed by atoms with Gasteiger partial charge in [0.1, 0.15) is 5.75 Å². The van der Waals surface area contributed by atoms with Crippen molar-refractivity contribution in [2.24, 2.45) is 0 Å². The van der Waals surface area contributed by atoms with Crippen molar-refractivity contribution in [1.82, 2.24) is 5.32 Å². The molecule has 0 aliphatic heterocycles. The van der Waals surface area contributed by atoms with Gasteiger partial charge in [-0.25, -0.2) is 0 Å². The standard InChI is InChI=1S/C12H17ClN2O2/c1-8(2)15-12(16)5-6-17-11-4-3-9(13)7-10(11)14/h3-4,7-8H,5-6,14H2,1-2H3,(H,15,16). The van der Waals surface area contributed by atoms with E-state index in [4.69, 9.17) is 22.1 Å². The second-order valence-electron chi connectivity index (χ2n) is 4.00. The number of carbonyl (C=O) groups excluding carboxylic acids is 1. The fourth-order valence-electron chi connectivity index (χ4n) is 1.30. The van der Waals surface area contributed by atoms with Crippen molar-refractivity contribution < 1.29 is 9.53 Å². The lowest BCUT2D eigenvalue weighted by molar-refractivity contribution is -0.122. The van der Waals surface area contributed by atoms with Crippen LogP contribution in [0.4, 0.5) is 5.69 Å². The summed E-state index contributed by atoms with van der Waals surface area (Å²) in [5, 5.41) is 3.34. The minimum absolute atomic E-state index is 0.0347. The smallest absolute Gasteiger partial charge is 0.223 e. The summed E-state index contributed by atoms with van der Waals surface area (Å²) in [6.07, 6.45) is 0.306. The zero-order valence-corrected chi connectivity index (χ0v) is 10.8. The van der Waals surface area contributed by atoms with Crippen molar-refractivity contribution in [3.63, 3.8) is 0 Å². The molecule has 0 aromatic heterocycles. The molecule has 0 saturated carbocycles.